The van der Waals surface area contributed by atoms with Crippen LogP contribution < -0.4 is 10.1 Å². The number of aromatic nitrogens is 2. The second-order valence-corrected chi connectivity index (χ2v) is 13.8. The Hall–Kier alpha value is -4.57. The van der Waals surface area contributed by atoms with E-state index in [1.54, 1.807) is 54.6 Å². The molecule has 18 heteroatoms. The molecule has 3 aromatic carbocycles. The molecule has 0 aliphatic rings. The molecule has 2 heterocycles. The summed E-state index contributed by atoms with van der Waals surface area (Å²) in [6, 6.07) is 19.3. The molecule has 5 aromatic rings. The summed E-state index contributed by atoms with van der Waals surface area (Å²) in [5.41, 5.74) is -0.551. The lowest BCUT2D eigenvalue weighted by Gasteiger charge is -2.20. The summed E-state index contributed by atoms with van der Waals surface area (Å²) in [4.78, 5) is 39.7. The van der Waals surface area contributed by atoms with Crippen molar-refractivity contribution in [1.29, 1.82) is 0 Å². The van der Waals surface area contributed by atoms with E-state index in [1.807, 2.05) is 0 Å². The number of hydrogen-bond acceptors (Lipinski definition) is 11. The number of furan rings is 1. The average Bonchev–Trinajstić information content (AvgIpc) is 3.51. The van der Waals surface area contributed by atoms with E-state index in [1.165, 1.54) is 24.5 Å². The Bertz CT molecular complexity index is 2220. The van der Waals surface area contributed by atoms with Crippen LogP contribution in [0.3, 0.4) is 0 Å². The smallest absolute Gasteiger partial charge is 0.472 e. The number of anilines is 2. The van der Waals surface area contributed by atoms with E-state index in [0.717, 1.165) is 0 Å². The van der Waals surface area contributed by atoms with Gasteiger partial charge in [-0.05, 0) is 66.2 Å². The average molecular weight is 737 g/mol. The van der Waals surface area contributed by atoms with Gasteiger partial charge in [-0.25, -0.2) is 36.7 Å². The highest BCUT2D eigenvalue weighted by Crippen LogP contribution is 2.36. The number of phosphoric ester groups is 1. The standard InChI is InChI=1S/C31H29ClFN4O10PS/c1-49(42,43)12-11-37(31(38)45-19-46-48(39,40)41)16-24-7-10-28(47-24)21-5-8-27-25(14-21)30(35-18-34-27)36-23-6-9-29(26(32)15-23)44-17-20-3-2-4-22(33)13-20/h2-10,13-15,18H,11-12,16-17,19H2,1H3,(H,34,35,36)(H2,39,40,41)/i12D2. The van der Waals surface area contributed by atoms with E-state index < -0.39 is 49.3 Å². The van der Waals surface area contributed by atoms with Crippen molar-refractivity contribution in [3.63, 3.8) is 0 Å². The number of fused-ring (bicyclic) bond motifs is 1. The van der Waals surface area contributed by atoms with E-state index in [9.17, 15) is 22.2 Å². The van der Waals surface area contributed by atoms with Gasteiger partial charge in [0.25, 0.3) is 0 Å². The van der Waals surface area contributed by atoms with Gasteiger partial charge < -0.3 is 29.0 Å². The molecule has 0 fully saturated rings. The lowest BCUT2D eigenvalue weighted by Crippen LogP contribution is -2.35. The van der Waals surface area contributed by atoms with Gasteiger partial charge in [0.2, 0.25) is 6.79 Å². The summed E-state index contributed by atoms with van der Waals surface area (Å²) in [5, 5.41) is 4.10. The van der Waals surface area contributed by atoms with Crippen molar-refractivity contribution in [2.75, 3.05) is 30.6 Å². The van der Waals surface area contributed by atoms with Crippen LogP contribution in [0.5, 0.6) is 5.75 Å². The zero-order valence-electron chi connectivity index (χ0n) is 27.4. The van der Waals surface area contributed by atoms with Gasteiger partial charge in [-0.1, -0.05) is 23.7 Å². The number of nitrogens with one attached hydrogen (secondary N) is 1. The van der Waals surface area contributed by atoms with Crippen molar-refractivity contribution in [3.05, 3.63) is 101 Å². The van der Waals surface area contributed by atoms with Gasteiger partial charge in [0.05, 0.1) is 22.8 Å². The van der Waals surface area contributed by atoms with Crippen molar-refractivity contribution < 1.29 is 53.1 Å². The second kappa shape index (κ2) is 15.3. The predicted molar refractivity (Wildman–Crippen MR) is 177 cm³/mol. The van der Waals surface area contributed by atoms with Crippen LogP contribution >= 0.6 is 19.4 Å². The monoisotopic (exact) mass is 736 g/mol. The van der Waals surface area contributed by atoms with E-state index in [4.69, 9.17) is 33.3 Å². The minimum Gasteiger partial charge on any atom is -0.487 e. The van der Waals surface area contributed by atoms with Gasteiger partial charge in [0.15, 0.2) is 0 Å². The van der Waals surface area contributed by atoms with Crippen LogP contribution in [-0.2, 0) is 36.8 Å². The molecule has 0 aliphatic heterocycles. The molecule has 258 valence electrons. The molecule has 14 nitrogen and oxygen atoms in total. The van der Waals surface area contributed by atoms with Crippen molar-refractivity contribution >= 4 is 57.8 Å². The fourth-order valence-corrected chi connectivity index (χ4v) is 5.17. The normalized spacial score (nSPS) is 12.7. The summed E-state index contributed by atoms with van der Waals surface area (Å²) in [6.07, 6.45) is 0.709. The molecule has 0 radical (unpaired) electrons. The van der Waals surface area contributed by atoms with Crippen molar-refractivity contribution in [2.24, 2.45) is 0 Å². The number of benzene rings is 3. The van der Waals surface area contributed by atoms with Crippen molar-refractivity contribution in [2.45, 2.75) is 13.2 Å². The number of ether oxygens (including phenoxy) is 2. The molecule has 3 N–H and O–H groups in total. The number of phosphoric acid groups is 1. The van der Waals surface area contributed by atoms with Crippen LogP contribution in [0.2, 0.25) is 5.02 Å². The third kappa shape index (κ3) is 10.5. The maximum Gasteiger partial charge on any atom is 0.472 e. The number of hydrogen-bond donors (Lipinski definition) is 3. The van der Waals surface area contributed by atoms with Crippen LogP contribution in [0.25, 0.3) is 22.2 Å². The number of halogens is 2. The zero-order valence-corrected chi connectivity index (χ0v) is 27.9. The second-order valence-electron chi connectivity index (χ2n) is 10.3. The first-order chi connectivity index (χ1) is 24.0. The molecule has 0 unspecified atom stereocenters. The molecule has 0 atom stereocenters. The zero-order chi connectivity index (χ0) is 37.0. The van der Waals surface area contributed by atoms with Crippen LogP contribution in [0.4, 0.5) is 20.7 Å². The Kier molecular flexibility index (Phi) is 10.3. The molecule has 5 rings (SSSR count). The number of nitrogens with zero attached hydrogens (tertiary/aromatic N) is 3. The lowest BCUT2D eigenvalue weighted by atomic mass is 10.1. The van der Waals surface area contributed by atoms with E-state index in [-0.39, 0.29) is 18.2 Å². The summed E-state index contributed by atoms with van der Waals surface area (Å²) in [6.45, 7) is -2.54. The Labute approximate surface area is 287 Å². The minimum atomic E-state index is -4.99. The van der Waals surface area contributed by atoms with Crippen molar-refractivity contribution in [1.82, 2.24) is 14.9 Å². The van der Waals surface area contributed by atoms with Gasteiger partial charge in [-0.2, -0.15) is 0 Å². The van der Waals surface area contributed by atoms with E-state index in [0.29, 0.717) is 61.2 Å². The molecular weight excluding hydrogens is 706 g/mol. The number of carbonyl (C=O) groups is 1. The number of amides is 1. The summed E-state index contributed by atoms with van der Waals surface area (Å²) < 4.78 is 84.8. The third-order valence-electron chi connectivity index (χ3n) is 6.59. The summed E-state index contributed by atoms with van der Waals surface area (Å²) >= 11 is 6.47. The molecular formula is C31H29ClFN4O10PS. The topological polar surface area (TPSA) is 191 Å². The Morgan fingerprint density at radius 2 is 1.94 bits per heavy atom. The van der Waals surface area contributed by atoms with Crippen LogP contribution in [-0.4, -0.2) is 64.5 Å². The molecule has 0 bridgehead atoms. The van der Waals surface area contributed by atoms with Gasteiger partial charge in [0, 0.05) is 32.2 Å². The fraction of sp³-hybridized carbons (Fsp3) is 0.194. The molecule has 0 saturated heterocycles. The largest absolute Gasteiger partial charge is 0.487 e. The quantitative estimate of drug-likeness (QED) is 0.0882. The Morgan fingerprint density at radius 1 is 1.12 bits per heavy atom. The SMILES string of the molecule is [2H]C([2H])(CN(Cc1ccc(-c2ccc3ncnc(Nc4ccc(OCc5cccc(F)c5)c(Cl)c4)c3c2)o1)C(=O)OCOP(=O)(O)O)S(C)(=O)=O. The highest BCUT2D eigenvalue weighted by molar-refractivity contribution is 7.90. The maximum absolute atomic E-state index is 13.5. The van der Waals surface area contributed by atoms with Crippen molar-refractivity contribution in [3.8, 4) is 17.1 Å². The summed E-state index contributed by atoms with van der Waals surface area (Å²) in [7, 11) is -9.31. The Balaban J connectivity index is 1.33. The van der Waals surface area contributed by atoms with Crippen LogP contribution in [0.15, 0.2) is 83.5 Å². The highest BCUT2D eigenvalue weighted by atomic mass is 35.5. The number of rotatable bonds is 14. The summed E-state index contributed by atoms with van der Waals surface area (Å²) in [5.74, 6) is 0.853. The Morgan fingerprint density at radius 3 is 2.67 bits per heavy atom. The third-order valence-corrected chi connectivity index (χ3v) is 7.98. The van der Waals surface area contributed by atoms with E-state index >= 15 is 0 Å². The highest BCUT2D eigenvalue weighted by Gasteiger charge is 2.22. The molecule has 1 amide bonds. The maximum atomic E-state index is 13.5. The molecule has 49 heavy (non-hydrogen) atoms. The van der Waals surface area contributed by atoms with E-state index in [2.05, 4.69) is 24.5 Å². The fourth-order valence-electron chi connectivity index (χ4n) is 4.35. The number of sulfone groups is 1. The van der Waals surface area contributed by atoms with Crippen LogP contribution in [0.1, 0.15) is 14.1 Å². The van der Waals surface area contributed by atoms with Gasteiger partial charge in [-0.3, -0.25) is 4.90 Å². The first-order valence-electron chi connectivity index (χ1n) is 15.1. The first-order valence-corrected chi connectivity index (χ1v) is 17.9. The predicted octanol–water partition coefficient (Wildman–Crippen LogP) is 6.05. The first kappa shape index (κ1) is 33.0. The van der Waals surface area contributed by atoms with Gasteiger partial charge in [0.1, 0.15) is 51.7 Å². The lowest BCUT2D eigenvalue weighted by molar-refractivity contribution is 0.0191. The molecule has 0 saturated carbocycles. The molecule has 0 spiro atoms. The molecule has 2 aromatic heterocycles. The minimum absolute atomic E-state index is 0.0965. The van der Waals surface area contributed by atoms with Crippen LogP contribution in [0, 0.1) is 5.82 Å². The molecule has 0 aliphatic carbocycles. The number of carbonyl (C=O) groups excluding carboxylic acids is 1. The van der Waals surface area contributed by atoms with Gasteiger partial charge >= 0.3 is 13.9 Å². The van der Waals surface area contributed by atoms with Gasteiger partial charge in [-0.15, -0.1) is 0 Å².